The van der Waals surface area contributed by atoms with Gasteiger partial charge < -0.3 is 15.4 Å². The van der Waals surface area contributed by atoms with E-state index in [1.165, 1.54) is 23.5 Å². The lowest BCUT2D eigenvalue weighted by Gasteiger charge is -2.33. The molecular formula is C19H18F3N5OS. The van der Waals surface area contributed by atoms with Crippen molar-refractivity contribution in [3.8, 4) is 17.1 Å². The van der Waals surface area contributed by atoms with E-state index in [1.807, 2.05) is 22.4 Å². The second-order valence-corrected chi connectivity index (χ2v) is 7.54. The zero-order valence-corrected chi connectivity index (χ0v) is 16.1. The summed E-state index contributed by atoms with van der Waals surface area (Å²) >= 11 is 1.34. The third-order valence-corrected chi connectivity index (χ3v) is 5.36. The average molecular weight is 421 g/mol. The first-order valence-corrected chi connectivity index (χ1v) is 9.91. The molecule has 6 nitrogen and oxygen atoms in total. The monoisotopic (exact) mass is 421 g/mol. The topological polar surface area (TPSA) is 77.2 Å². The Kier molecular flexibility index (Phi) is 5.27. The van der Waals surface area contributed by atoms with Crippen LogP contribution in [0.2, 0.25) is 0 Å². The van der Waals surface area contributed by atoms with Crippen LogP contribution in [-0.4, -0.2) is 34.4 Å². The molecule has 1 saturated heterocycles. The highest BCUT2D eigenvalue weighted by Gasteiger charge is 2.35. The van der Waals surface area contributed by atoms with Gasteiger partial charge >= 0.3 is 6.18 Å². The van der Waals surface area contributed by atoms with Crippen LogP contribution in [-0.2, 0) is 6.18 Å². The van der Waals surface area contributed by atoms with Gasteiger partial charge in [0.05, 0.1) is 5.56 Å². The molecule has 0 unspecified atom stereocenters. The Hall–Kier alpha value is -2.88. The number of hydrogen-bond donors (Lipinski definition) is 1. The molecule has 1 fully saturated rings. The van der Waals surface area contributed by atoms with Crippen molar-refractivity contribution in [3.63, 3.8) is 0 Å². The summed E-state index contributed by atoms with van der Waals surface area (Å²) in [6.07, 6.45) is -3.52. The number of thiazole rings is 1. The van der Waals surface area contributed by atoms with Crippen molar-refractivity contribution >= 4 is 22.3 Å². The van der Waals surface area contributed by atoms with E-state index in [9.17, 15) is 13.2 Å². The van der Waals surface area contributed by atoms with Crippen molar-refractivity contribution in [2.45, 2.75) is 25.1 Å². The minimum absolute atomic E-state index is 0.120. The smallest absolute Gasteiger partial charge is 0.419 e. The van der Waals surface area contributed by atoms with E-state index in [2.05, 4.69) is 15.2 Å². The number of benzene rings is 1. The highest BCUT2D eigenvalue weighted by molar-refractivity contribution is 7.13. The Labute approximate surface area is 169 Å². The van der Waals surface area contributed by atoms with Crippen LogP contribution >= 0.6 is 11.3 Å². The molecule has 0 saturated carbocycles. The summed E-state index contributed by atoms with van der Waals surface area (Å²) in [4.78, 5) is 6.22. The first-order chi connectivity index (χ1) is 13.9. The Morgan fingerprint density at radius 1 is 1.03 bits per heavy atom. The fraction of sp³-hybridized carbons (Fsp3) is 0.316. The fourth-order valence-corrected chi connectivity index (χ4v) is 3.78. The van der Waals surface area contributed by atoms with E-state index in [-0.39, 0.29) is 11.9 Å². The van der Waals surface area contributed by atoms with Crippen LogP contribution < -0.4 is 15.4 Å². The molecule has 0 aliphatic carbocycles. The van der Waals surface area contributed by atoms with E-state index < -0.39 is 11.7 Å². The third-order valence-electron chi connectivity index (χ3n) is 4.69. The number of anilines is 2. The van der Waals surface area contributed by atoms with E-state index in [4.69, 9.17) is 10.5 Å². The standard InChI is InChI=1S/C19H18F3N5OS/c20-19(21,22)13-3-1-2-4-16(13)28-12-7-9-27(10-8-12)17-6-5-14(25-26-17)15-11-29-18(23)24-15/h1-6,11-12H,7-10H2,(H2,23,24). The number of aromatic nitrogens is 3. The van der Waals surface area contributed by atoms with Gasteiger partial charge in [-0.3, -0.25) is 0 Å². The summed E-state index contributed by atoms with van der Waals surface area (Å²) in [7, 11) is 0. The molecule has 29 heavy (non-hydrogen) atoms. The Bertz CT molecular complexity index is 968. The van der Waals surface area contributed by atoms with Gasteiger partial charge in [-0.1, -0.05) is 12.1 Å². The molecule has 1 aromatic carbocycles. The van der Waals surface area contributed by atoms with E-state index in [0.717, 1.165) is 6.07 Å². The molecule has 10 heteroatoms. The summed E-state index contributed by atoms with van der Waals surface area (Å²) in [6.45, 7) is 1.24. The van der Waals surface area contributed by atoms with Crippen LogP contribution in [0.15, 0.2) is 41.8 Å². The third kappa shape index (κ3) is 4.42. The van der Waals surface area contributed by atoms with Gasteiger partial charge in [0.1, 0.15) is 23.2 Å². The van der Waals surface area contributed by atoms with Crippen molar-refractivity contribution in [2.24, 2.45) is 0 Å². The molecule has 2 N–H and O–H groups in total. The van der Waals surface area contributed by atoms with Crippen LogP contribution in [0, 0.1) is 0 Å². The number of para-hydroxylation sites is 1. The normalized spacial score (nSPS) is 15.5. The second kappa shape index (κ2) is 7.86. The molecule has 3 heterocycles. The van der Waals surface area contributed by atoms with Gasteiger partial charge in [-0.05, 0) is 24.3 Å². The van der Waals surface area contributed by atoms with E-state index in [0.29, 0.717) is 48.3 Å². The zero-order valence-electron chi connectivity index (χ0n) is 15.3. The van der Waals surface area contributed by atoms with Crippen LogP contribution in [0.25, 0.3) is 11.4 Å². The second-order valence-electron chi connectivity index (χ2n) is 6.65. The Morgan fingerprint density at radius 3 is 2.41 bits per heavy atom. The van der Waals surface area contributed by atoms with Gasteiger partial charge in [0.2, 0.25) is 0 Å². The minimum Gasteiger partial charge on any atom is -0.490 e. The molecule has 152 valence electrons. The van der Waals surface area contributed by atoms with Crippen LogP contribution in [0.4, 0.5) is 24.1 Å². The molecule has 3 aromatic rings. The maximum absolute atomic E-state index is 13.1. The number of nitrogens with zero attached hydrogens (tertiary/aromatic N) is 4. The van der Waals surface area contributed by atoms with Crippen LogP contribution in [0.3, 0.4) is 0 Å². The average Bonchev–Trinajstić information content (AvgIpc) is 3.15. The predicted octanol–water partition coefficient (Wildman–Crippen LogP) is 4.25. The quantitative estimate of drug-likeness (QED) is 0.679. The lowest BCUT2D eigenvalue weighted by molar-refractivity contribution is -0.139. The molecule has 4 rings (SSSR count). The van der Waals surface area contributed by atoms with Gasteiger partial charge in [0.15, 0.2) is 10.9 Å². The maximum Gasteiger partial charge on any atom is 0.419 e. The lowest BCUT2D eigenvalue weighted by Crippen LogP contribution is -2.39. The van der Waals surface area contributed by atoms with Crippen molar-refractivity contribution in [1.82, 2.24) is 15.2 Å². The summed E-state index contributed by atoms with van der Waals surface area (Å²) in [5.41, 5.74) is 6.22. The number of hydrogen-bond acceptors (Lipinski definition) is 7. The maximum atomic E-state index is 13.1. The molecule has 0 spiro atoms. The van der Waals surface area contributed by atoms with Crippen LogP contribution in [0.5, 0.6) is 5.75 Å². The Balaban J connectivity index is 1.38. The summed E-state index contributed by atoms with van der Waals surface area (Å²) in [6, 6.07) is 9.01. The van der Waals surface area contributed by atoms with Gasteiger partial charge in [0, 0.05) is 31.3 Å². The lowest BCUT2D eigenvalue weighted by atomic mass is 10.1. The molecular weight excluding hydrogens is 403 g/mol. The zero-order chi connectivity index (χ0) is 20.4. The largest absolute Gasteiger partial charge is 0.490 e. The highest BCUT2D eigenvalue weighted by Crippen LogP contribution is 2.37. The van der Waals surface area contributed by atoms with E-state index in [1.54, 1.807) is 6.07 Å². The highest BCUT2D eigenvalue weighted by atomic mass is 32.1. The molecule has 1 aliphatic rings. The number of rotatable bonds is 4. The number of halogens is 3. The number of nitrogens with two attached hydrogens (primary N) is 1. The van der Waals surface area contributed by atoms with Crippen molar-refractivity contribution in [3.05, 3.63) is 47.3 Å². The summed E-state index contributed by atoms with van der Waals surface area (Å²) < 4.78 is 45.1. The molecule has 0 amide bonds. The molecule has 0 atom stereocenters. The number of nitrogen functional groups attached to an aromatic ring is 1. The van der Waals surface area contributed by atoms with Crippen LogP contribution in [0.1, 0.15) is 18.4 Å². The molecule has 2 aromatic heterocycles. The first-order valence-electron chi connectivity index (χ1n) is 9.03. The number of ether oxygens (including phenoxy) is 1. The SMILES string of the molecule is Nc1nc(-c2ccc(N3CCC(Oc4ccccc4C(F)(F)F)CC3)nn2)cs1. The predicted molar refractivity (Wildman–Crippen MR) is 105 cm³/mol. The number of piperidine rings is 1. The van der Waals surface area contributed by atoms with Gasteiger partial charge in [-0.15, -0.1) is 21.5 Å². The molecule has 0 bridgehead atoms. The van der Waals surface area contributed by atoms with Gasteiger partial charge in [0.25, 0.3) is 0 Å². The minimum atomic E-state index is -4.43. The van der Waals surface area contributed by atoms with Crippen molar-refractivity contribution < 1.29 is 17.9 Å². The van der Waals surface area contributed by atoms with E-state index >= 15 is 0 Å². The first kappa shape index (κ1) is 19.4. The summed E-state index contributed by atoms with van der Waals surface area (Å²) in [5, 5.41) is 10.7. The van der Waals surface area contributed by atoms with Gasteiger partial charge in [-0.25, -0.2) is 4.98 Å². The van der Waals surface area contributed by atoms with Crippen molar-refractivity contribution in [1.29, 1.82) is 0 Å². The molecule has 1 aliphatic heterocycles. The van der Waals surface area contributed by atoms with Gasteiger partial charge in [-0.2, -0.15) is 13.2 Å². The fourth-order valence-electron chi connectivity index (χ4n) is 3.22. The Morgan fingerprint density at radius 2 is 1.79 bits per heavy atom. The van der Waals surface area contributed by atoms with Crippen molar-refractivity contribution in [2.75, 3.05) is 23.7 Å². The summed E-state index contributed by atoms with van der Waals surface area (Å²) in [5.74, 6) is 0.594. The molecule has 0 radical (unpaired) electrons. The number of alkyl halides is 3.